The third-order valence-electron chi connectivity index (χ3n) is 4.63. The van der Waals surface area contributed by atoms with Gasteiger partial charge >= 0.3 is 0 Å². The summed E-state index contributed by atoms with van der Waals surface area (Å²) in [5.74, 6) is -1.96. The van der Waals surface area contributed by atoms with Crippen molar-refractivity contribution in [3.63, 3.8) is 0 Å². The Hall–Kier alpha value is -4.07. The highest BCUT2D eigenvalue weighted by Gasteiger charge is 2.37. The van der Waals surface area contributed by atoms with E-state index in [0.717, 1.165) is 4.90 Å². The van der Waals surface area contributed by atoms with Gasteiger partial charge in [-0.25, -0.2) is 4.98 Å². The minimum absolute atomic E-state index is 0.262. The van der Waals surface area contributed by atoms with Crippen molar-refractivity contribution in [2.75, 3.05) is 18.0 Å². The number of nitrogens with zero attached hydrogens (tertiary/aromatic N) is 4. The Balaban J connectivity index is 1.58. The number of aromatic nitrogens is 2. The number of rotatable bonds is 5. The van der Waals surface area contributed by atoms with Crippen molar-refractivity contribution in [3.8, 4) is 0 Å². The molecule has 3 amide bonds. The van der Waals surface area contributed by atoms with Crippen LogP contribution in [0, 0.1) is 0 Å². The van der Waals surface area contributed by atoms with Crippen LogP contribution in [0.3, 0.4) is 0 Å². The van der Waals surface area contributed by atoms with Gasteiger partial charge in [0.2, 0.25) is 5.91 Å². The molecule has 0 saturated carbocycles. The zero-order valence-electron chi connectivity index (χ0n) is 15.3. The summed E-state index contributed by atoms with van der Waals surface area (Å²) in [6, 6.07) is 15.1. The minimum Gasteiger partial charge on any atom is -0.301 e. The van der Waals surface area contributed by atoms with E-state index in [1.165, 1.54) is 28.2 Å². The average molecular weight is 388 g/mol. The van der Waals surface area contributed by atoms with Crippen molar-refractivity contribution in [2.24, 2.45) is 0 Å². The van der Waals surface area contributed by atoms with E-state index < -0.39 is 24.3 Å². The Bertz CT molecular complexity index is 1060. The molecule has 0 fully saturated rings. The van der Waals surface area contributed by atoms with Crippen LogP contribution in [0.4, 0.5) is 5.69 Å². The van der Waals surface area contributed by atoms with Crippen LogP contribution in [0.2, 0.25) is 0 Å². The molecule has 0 unspecified atom stereocenters. The molecule has 1 aliphatic heterocycles. The van der Waals surface area contributed by atoms with E-state index >= 15 is 0 Å². The lowest BCUT2D eigenvalue weighted by Crippen LogP contribution is -2.45. The summed E-state index contributed by atoms with van der Waals surface area (Å²) in [4.78, 5) is 56.7. The van der Waals surface area contributed by atoms with Crippen LogP contribution in [0.5, 0.6) is 0 Å². The first-order chi connectivity index (χ1) is 14.1. The molecule has 2 heterocycles. The second kappa shape index (κ2) is 7.51. The maximum atomic E-state index is 13.0. The summed E-state index contributed by atoms with van der Waals surface area (Å²) in [5.41, 5.74) is 1.03. The second-order valence-corrected chi connectivity index (χ2v) is 6.42. The quantitative estimate of drug-likeness (QED) is 0.622. The van der Waals surface area contributed by atoms with E-state index in [-0.39, 0.29) is 23.6 Å². The number of hydrogen-bond donors (Lipinski definition) is 0. The number of fused-ring (bicyclic) bond motifs is 1. The fraction of sp³-hybridized carbons (Fsp3) is 0.0952. The number of hydrogen-bond acceptors (Lipinski definition) is 5. The van der Waals surface area contributed by atoms with Crippen LogP contribution in [0.15, 0.2) is 73.3 Å². The first-order valence-corrected chi connectivity index (χ1v) is 8.88. The number of carbonyl (C=O) groups is 4. The second-order valence-electron chi connectivity index (χ2n) is 6.42. The number of imidazole rings is 1. The number of carbonyl (C=O) groups excluding carboxylic acids is 4. The molecule has 8 heteroatoms. The van der Waals surface area contributed by atoms with E-state index in [4.69, 9.17) is 0 Å². The fourth-order valence-corrected chi connectivity index (χ4v) is 3.16. The molecule has 0 spiro atoms. The number of amides is 3. The van der Waals surface area contributed by atoms with Crippen molar-refractivity contribution in [3.05, 3.63) is 84.4 Å². The van der Waals surface area contributed by atoms with Crippen molar-refractivity contribution in [2.45, 2.75) is 0 Å². The maximum Gasteiger partial charge on any atom is 0.262 e. The summed E-state index contributed by atoms with van der Waals surface area (Å²) >= 11 is 0. The SMILES string of the molecule is O=C1c2ccccc2C(=O)N1CC(=O)N(CC(=O)n1ccnc1)c1ccccc1. The Morgan fingerprint density at radius 3 is 2.10 bits per heavy atom. The lowest BCUT2D eigenvalue weighted by Gasteiger charge is -2.24. The van der Waals surface area contributed by atoms with Gasteiger partial charge in [-0.05, 0) is 24.3 Å². The average Bonchev–Trinajstić information content (AvgIpc) is 3.37. The summed E-state index contributed by atoms with van der Waals surface area (Å²) < 4.78 is 1.27. The van der Waals surface area contributed by atoms with E-state index in [0.29, 0.717) is 5.69 Å². The predicted octanol–water partition coefficient (Wildman–Crippen LogP) is 1.85. The zero-order chi connectivity index (χ0) is 20.4. The van der Waals surface area contributed by atoms with Gasteiger partial charge in [-0.2, -0.15) is 0 Å². The van der Waals surface area contributed by atoms with Crippen LogP contribution in [0.25, 0.3) is 0 Å². The maximum absolute atomic E-state index is 13.0. The van der Waals surface area contributed by atoms with E-state index in [1.54, 1.807) is 54.6 Å². The Kier molecular flexibility index (Phi) is 4.74. The number of anilines is 1. The van der Waals surface area contributed by atoms with Crippen molar-refractivity contribution >= 4 is 29.3 Å². The smallest absolute Gasteiger partial charge is 0.262 e. The van der Waals surface area contributed by atoms with Gasteiger partial charge in [0.25, 0.3) is 17.7 Å². The van der Waals surface area contributed by atoms with Gasteiger partial charge in [0, 0.05) is 18.1 Å². The summed E-state index contributed by atoms with van der Waals surface area (Å²) in [5, 5.41) is 0. The van der Waals surface area contributed by atoms with Gasteiger partial charge in [0.15, 0.2) is 0 Å². The van der Waals surface area contributed by atoms with Gasteiger partial charge in [-0.3, -0.25) is 28.6 Å². The number of imide groups is 1. The molecular weight excluding hydrogens is 372 g/mol. The lowest BCUT2D eigenvalue weighted by atomic mass is 10.1. The predicted molar refractivity (Wildman–Crippen MR) is 103 cm³/mol. The molecule has 2 aromatic carbocycles. The lowest BCUT2D eigenvalue weighted by molar-refractivity contribution is -0.118. The Morgan fingerprint density at radius 2 is 1.52 bits per heavy atom. The minimum atomic E-state index is -0.542. The van der Waals surface area contributed by atoms with Gasteiger partial charge in [0.05, 0.1) is 11.1 Å². The van der Waals surface area contributed by atoms with Crippen molar-refractivity contribution in [1.82, 2.24) is 14.5 Å². The van der Waals surface area contributed by atoms with Gasteiger partial charge in [-0.15, -0.1) is 0 Å². The third-order valence-corrected chi connectivity index (χ3v) is 4.63. The monoisotopic (exact) mass is 388 g/mol. The topological polar surface area (TPSA) is 92.6 Å². The molecule has 0 saturated heterocycles. The Morgan fingerprint density at radius 1 is 0.897 bits per heavy atom. The summed E-state index contributed by atoms with van der Waals surface area (Å²) in [6.07, 6.45) is 4.30. The van der Waals surface area contributed by atoms with Gasteiger partial charge < -0.3 is 4.90 Å². The Labute approximate surface area is 166 Å². The van der Waals surface area contributed by atoms with Gasteiger partial charge in [-0.1, -0.05) is 30.3 Å². The molecule has 4 rings (SSSR count). The van der Waals surface area contributed by atoms with E-state index in [9.17, 15) is 19.2 Å². The summed E-state index contributed by atoms with van der Waals surface area (Å²) in [6.45, 7) is -0.721. The van der Waals surface area contributed by atoms with Crippen LogP contribution < -0.4 is 4.90 Å². The van der Waals surface area contributed by atoms with Gasteiger partial charge in [0.1, 0.15) is 19.4 Å². The normalized spacial score (nSPS) is 12.8. The molecule has 29 heavy (non-hydrogen) atoms. The standard InChI is InChI=1S/C21H16N4O4/c26-18(23-11-10-22-14-23)12-24(15-6-2-1-3-7-15)19(27)13-25-20(28)16-8-4-5-9-17(16)21(25)29/h1-11,14H,12-13H2. The molecule has 1 aliphatic rings. The first kappa shape index (κ1) is 18.3. The molecule has 0 aliphatic carbocycles. The van der Waals surface area contributed by atoms with Crippen LogP contribution in [-0.2, 0) is 4.79 Å². The number of benzene rings is 2. The molecule has 0 atom stereocenters. The molecule has 0 radical (unpaired) electrons. The van der Waals surface area contributed by atoms with E-state index in [2.05, 4.69) is 4.98 Å². The molecular formula is C21H16N4O4. The van der Waals surface area contributed by atoms with Crippen molar-refractivity contribution in [1.29, 1.82) is 0 Å². The molecule has 8 nitrogen and oxygen atoms in total. The van der Waals surface area contributed by atoms with Crippen molar-refractivity contribution < 1.29 is 19.2 Å². The highest BCUT2D eigenvalue weighted by molar-refractivity contribution is 6.22. The van der Waals surface area contributed by atoms with E-state index in [1.807, 2.05) is 0 Å². The van der Waals surface area contributed by atoms with Crippen LogP contribution in [-0.4, -0.2) is 51.2 Å². The fourth-order valence-electron chi connectivity index (χ4n) is 3.16. The third kappa shape index (κ3) is 3.43. The highest BCUT2D eigenvalue weighted by atomic mass is 16.2. The molecule has 0 bridgehead atoms. The van der Waals surface area contributed by atoms with Crippen LogP contribution in [0.1, 0.15) is 25.5 Å². The molecule has 0 N–H and O–H groups in total. The van der Waals surface area contributed by atoms with Crippen LogP contribution >= 0.6 is 0 Å². The molecule has 3 aromatic rings. The first-order valence-electron chi connectivity index (χ1n) is 8.88. The number of para-hydroxylation sites is 1. The molecule has 144 valence electrons. The highest BCUT2D eigenvalue weighted by Crippen LogP contribution is 2.23. The molecule has 1 aromatic heterocycles. The largest absolute Gasteiger partial charge is 0.301 e. The zero-order valence-corrected chi connectivity index (χ0v) is 15.3. The summed E-state index contributed by atoms with van der Waals surface area (Å²) in [7, 11) is 0.